The minimum Gasteiger partial charge on any atom is -0.394 e. The second-order valence-electron chi connectivity index (χ2n) is 8.41. The molecule has 0 saturated heterocycles. The van der Waals surface area contributed by atoms with Crippen molar-refractivity contribution >= 4 is 28.1 Å². The summed E-state index contributed by atoms with van der Waals surface area (Å²) in [4.78, 5) is 20.9. The van der Waals surface area contributed by atoms with Gasteiger partial charge in [0.15, 0.2) is 6.33 Å². The van der Waals surface area contributed by atoms with Crippen molar-refractivity contribution in [1.82, 2.24) is 24.9 Å². The van der Waals surface area contributed by atoms with Crippen molar-refractivity contribution in [3.05, 3.63) is 83.0 Å². The summed E-state index contributed by atoms with van der Waals surface area (Å²) in [5.41, 5.74) is 3.66. The number of benzene rings is 2. The second-order valence-corrected chi connectivity index (χ2v) is 8.41. The highest BCUT2D eigenvalue weighted by Crippen LogP contribution is 2.32. The molecule has 0 aliphatic carbocycles. The van der Waals surface area contributed by atoms with Gasteiger partial charge in [0.2, 0.25) is 0 Å². The van der Waals surface area contributed by atoms with Crippen molar-refractivity contribution in [2.75, 3.05) is 17.2 Å². The Bertz CT molecular complexity index is 1490. The molecule has 0 aliphatic rings. The van der Waals surface area contributed by atoms with E-state index in [0.717, 1.165) is 16.8 Å². The first-order valence-corrected chi connectivity index (χ1v) is 11.2. The first-order valence-electron chi connectivity index (χ1n) is 11.2. The average molecular weight is 472 g/mol. The van der Waals surface area contributed by atoms with Crippen molar-refractivity contribution in [2.24, 2.45) is 0 Å². The Hall–Kier alpha value is -4.44. The van der Waals surface area contributed by atoms with Crippen molar-refractivity contribution < 1.29 is 9.63 Å². The number of H-pyrrole nitrogens is 1. The van der Waals surface area contributed by atoms with Crippen LogP contribution in [-0.2, 0) is 0 Å². The summed E-state index contributed by atoms with van der Waals surface area (Å²) in [6.07, 6.45) is 2.96. The lowest BCUT2D eigenvalue weighted by molar-refractivity contribution is 0.276. The zero-order chi connectivity index (χ0) is 24.4. The van der Waals surface area contributed by atoms with Gasteiger partial charge in [-0.15, -0.1) is 0 Å². The molecule has 0 unspecified atom stereocenters. The van der Waals surface area contributed by atoms with E-state index in [-0.39, 0.29) is 24.2 Å². The summed E-state index contributed by atoms with van der Waals surface area (Å²) in [6.45, 7) is 3.90. The third kappa shape index (κ3) is 4.51. The molecule has 35 heavy (non-hydrogen) atoms. The second kappa shape index (κ2) is 9.43. The van der Waals surface area contributed by atoms with Crippen LogP contribution in [0.5, 0.6) is 0 Å². The van der Waals surface area contributed by atoms with E-state index in [4.69, 9.17) is 4.52 Å². The predicted molar refractivity (Wildman–Crippen MR) is 134 cm³/mol. The lowest BCUT2D eigenvalue weighted by Gasteiger charge is -2.20. The SMILES string of the molecule is CC(C)n1[nH]c(=O)c2ccc(Nc3cc(N[C@H](CO)c4ccccc4)c(-c4ncno4)cn3)cc21. The minimum absolute atomic E-state index is 0.103. The minimum atomic E-state index is -0.357. The summed E-state index contributed by atoms with van der Waals surface area (Å²) in [5, 5.41) is 24.0. The zero-order valence-corrected chi connectivity index (χ0v) is 19.3. The maximum atomic E-state index is 12.3. The van der Waals surface area contributed by atoms with E-state index in [1.54, 1.807) is 12.3 Å². The molecule has 0 fully saturated rings. The largest absolute Gasteiger partial charge is 0.394 e. The highest BCUT2D eigenvalue weighted by Gasteiger charge is 2.17. The topological polar surface area (TPSA) is 134 Å². The van der Waals surface area contributed by atoms with Crippen LogP contribution < -0.4 is 16.2 Å². The molecule has 5 aromatic rings. The van der Waals surface area contributed by atoms with Gasteiger partial charge in [-0.25, -0.2) is 4.98 Å². The zero-order valence-electron chi connectivity index (χ0n) is 19.3. The third-order valence-electron chi connectivity index (χ3n) is 5.72. The lowest BCUT2D eigenvalue weighted by atomic mass is 10.1. The number of aliphatic hydroxyl groups is 1. The molecule has 3 aromatic heterocycles. The van der Waals surface area contributed by atoms with Crippen LogP contribution in [0.2, 0.25) is 0 Å². The lowest BCUT2D eigenvalue weighted by Crippen LogP contribution is -2.15. The Morgan fingerprint density at radius 2 is 1.94 bits per heavy atom. The van der Waals surface area contributed by atoms with Crippen LogP contribution in [-0.4, -0.2) is 36.6 Å². The van der Waals surface area contributed by atoms with Gasteiger partial charge < -0.3 is 20.3 Å². The van der Waals surface area contributed by atoms with Crippen molar-refractivity contribution in [1.29, 1.82) is 0 Å². The van der Waals surface area contributed by atoms with Crippen LogP contribution in [0, 0.1) is 0 Å². The molecule has 10 heteroatoms. The number of aliphatic hydroxyl groups excluding tert-OH is 1. The van der Waals surface area contributed by atoms with Crippen molar-refractivity contribution in [2.45, 2.75) is 25.9 Å². The van der Waals surface area contributed by atoms with Gasteiger partial charge >= 0.3 is 0 Å². The standard InChI is InChI=1S/C25H25N7O3/c1-15(2)32-22-10-17(8-9-18(22)24(34)31-32)29-23-11-20(19(12-26-23)25-27-14-28-35-25)30-21(13-33)16-6-4-3-5-7-16/h3-12,14-15,21,33H,13H2,1-2H3,(H,31,34)(H2,26,29,30)/t21-/m1/s1. The molecule has 0 spiro atoms. The van der Waals surface area contributed by atoms with Crippen LogP contribution in [0.15, 0.2) is 76.4 Å². The van der Waals surface area contributed by atoms with Gasteiger partial charge in [-0.3, -0.25) is 14.6 Å². The molecule has 0 saturated carbocycles. The molecule has 5 rings (SSSR count). The van der Waals surface area contributed by atoms with Gasteiger partial charge in [-0.1, -0.05) is 35.5 Å². The van der Waals surface area contributed by atoms with Crippen molar-refractivity contribution in [3.8, 4) is 11.5 Å². The molecule has 2 aromatic carbocycles. The number of anilines is 3. The molecular formula is C25H25N7O3. The third-order valence-corrected chi connectivity index (χ3v) is 5.72. The number of hydrogen-bond donors (Lipinski definition) is 4. The molecule has 178 valence electrons. The van der Waals surface area contributed by atoms with E-state index in [2.05, 4.69) is 30.9 Å². The molecule has 1 atom stereocenters. The van der Waals surface area contributed by atoms with Crippen LogP contribution >= 0.6 is 0 Å². The van der Waals surface area contributed by atoms with E-state index >= 15 is 0 Å². The van der Waals surface area contributed by atoms with E-state index in [1.165, 1.54) is 6.33 Å². The Kier molecular flexibility index (Phi) is 6.02. The molecular weight excluding hydrogens is 446 g/mol. The smallest absolute Gasteiger partial charge is 0.271 e. The quantitative estimate of drug-likeness (QED) is 0.264. The van der Waals surface area contributed by atoms with E-state index < -0.39 is 0 Å². The fraction of sp³-hybridized carbons (Fsp3) is 0.200. The first kappa shape index (κ1) is 22.4. The number of pyridine rings is 1. The number of nitrogens with one attached hydrogen (secondary N) is 3. The number of aromatic nitrogens is 5. The average Bonchev–Trinajstić information content (AvgIpc) is 3.51. The fourth-order valence-electron chi connectivity index (χ4n) is 4.00. The van der Waals surface area contributed by atoms with E-state index in [9.17, 15) is 9.90 Å². The Labute approximate surface area is 200 Å². The summed E-state index contributed by atoms with van der Waals surface area (Å²) < 4.78 is 7.11. The molecule has 10 nitrogen and oxygen atoms in total. The summed E-state index contributed by atoms with van der Waals surface area (Å²) in [7, 11) is 0. The highest BCUT2D eigenvalue weighted by atomic mass is 16.5. The van der Waals surface area contributed by atoms with Gasteiger partial charge in [0.25, 0.3) is 11.4 Å². The molecule has 4 N–H and O–H groups in total. The van der Waals surface area contributed by atoms with Crippen LogP contribution in [0.25, 0.3) is 22.4 Å². The maximum Gasteiger partial charge on any atom is 0.271 e. The van der Waals surface area contributed by atoms with E-state index in [1.807, 2.05) is 67.1 Å². The normalized spacial score (nSPS) is 12.2. The predicted octanol–water partition coefficient (Wildman–Crippen LogP) is 4.24. The van der Waals surface area contributed by atoms with Crippen LogP contribution in [0.1, 0.15) is 31.5 Å². The first-order chi connectivity index (χ1) is 17.0. The number of aromatic amines is 1. The summed E-state index contributed by atoms with van der Waals surface area (Å²) >= 11 is 0. The Balaban J connectivity index is 1.51. The fourth-order valence-corrected chi connectivity index (χ4v) is 4.00. The summed E-state index contributed by atoms with van der Waals surface area (Å²) in [5.74, 6) is 0.875. The van der Waals surface area contributed by atoms with Gasteiger partial charge in [0, 0.05) is 24.0 Å². The van der Waals surface area contributed by atoms with Gasteiger partial charge in [0.1, 0.15) is 5.82 Å². The van der Waals surface area contributed by atoms with Crippen molar-refractivity contribution in [3.63, 3.8) is 0 Å². The van der Waals surface area contributed by atoms with Crippen LogP contribution in [0.4, 0.5) is 17.2 Å². The number of fused-ring (bicyclic) bond motifs is 1. The van der Waals surface area contributed by atoms with Gasteiger partial charge in [-0.2, -0.15) is 4.98 Å². The summed E-state index contributed by atoms with van der Waals surface area (Å²) in [6, 6.07) is 16.8. The Morgan fingerprint density at radius 1 is 1.11 bits per heavy atom. The molecule has 0 radical (unpaired) electrons. The molecule has 3 heterocycles. The van der Waals surface area contributed by atoms with Gasteiger partial charge in [0.05, 0.1) is 34.8 Å². The maximum absolute atomic E-state index is 12.3. The van der Waals surface area contributed by atoms with E-state index in [0.29, 0.717) is 28.3 Å². The van der Waals surface area contributed by atoms with Gasteiger partial charge in [-0.05, 0) is 37.6 Å². The highest BCUT2D eigenvalue weighted by molar-refractivity contribution is 5.84. The number of nitrogens with zero attached hydrogens (tertiary/aromatic N) is 4. The monoisotopic (exact) mass is 471 g/mol. The Morgan fingerprint density at radius 3 is 2.66 bits per heavy atom. The van der Waals surface area contributed by atoms with Crippen LogP contribution in [0.3, 0.4) is 0 Å². The molecule has 0 bridgehead atoms. The molecule has 0 aliphatic heterocycles. The number of hydrogen-bond acceptors (Lipinski definition) is 8. The molecule has 0 amide bonds. The number of rotatable bonds is 8.